The van der Waals surface area contributed by atoms with Gasteiger partial charge in [-0.15, -0.1) is 0 Å². The van der Waals surface area contributed by atoms with Crippen molar-refractivity contribution in [1.82, 2.24) is 0 Å². The molecule has 0 bridgehead atoms. The van der Waals surface area contributed by atoms with E-state index in [-0.39, 0.29) is 11.8 Å². The van der Waals surface area contributed by atoms with Gasteiger partial charge in [-0.25, -0.2) is 0 Å². The number of aryl methyl sites for hydroxylation is 1. The molecule has 5 heteroatoms. The van der Waals surface area contributed by atoms with Crippen molar-refractivity contribution in [1.29, 1.82) is 0 Å². The van der Waals surface area contributed by atoms with Crippen LogP contribution in [0.15, 0.2) is 66.7 Å². The molecule has 1 heterocycles. The maximum Gasteiger partial charge on any atom is 0.174 e. The van der Waals surface area contributed by atoms with Gasteiger partial charge in [0.1, 0.15) is 5.75 Å². The molecule has 3 atom stereocenters. The molecule has 0 radical (unpaired) electrons. The van der Waals surface area contributed by atoms with Crippen molar-refractivity contribution < 1.29 is 14.2 Å². The zero-order valence-corrected chi connectivity index (χ0v) is 18.5. The lowest BCUT2D eigenvalue weighted by Gasteiger charge is -2.32. The summed E-state index contributed by atoms with van der Waals surface area (Å²) in [6.07, 6.45) is 0. The SMILES string of the molecule is COc1ccc([C@]23Oc4ccccc4[C@H](c4ccc(C)cc4)[C@@H]2C3(Cl)Cl)cc1OC. The van der Waals surface area contributed by atoms with Crippen LogP contribution in [0.1, 0.15) is 28.2 Å². The Bertz CT molecular complexity index is 1110. The third-order valence-corrected chi connectivity index (χ3v) is 7.38. The summed E-state index contributed by atoms with van der Waals surface area (Å²) in [6, 6.07) is 22.4. The Labute approximate surface area is 186 Å². The van der Waals surface area contributed by atoms with Gasteiger partial charge in [0.05, 0.1) is 20.1 Å². The first-order valence-corrected chi connectivity index (χ1v) is 10.6. The molecular weight excluding hydrogens is 419 g/mol. The summed E-state index contributed by atoms with van der Waals surface area (Å²) in [5.41, 5.74) is 3.49. The van der Waals surface area contributed by atoms with Crippen LogP contribution in [-0.2, 0) is 5.60 Å². The Morgan fingerprint density at radius 2 is 1.57 bits per heavy atom. The minimum atomic E-state index is -1.10. The number of halogens is 2. The fourth-order valence-corrected chi connectivity index (χ4v) is 5.79. The standard InChI is InChI=1S/C25H22Cl2O3/c1-15-8-10-16(11-9-15)22-18-6-4-5-7-19(18)30-24(23(22)25(24,26)27)17-12-13-20(28-2)21(14-17)29-3/h4-14,22-23H,1-3H3/t22-,23-,24-/m0/s1. The third-order valence-electron chi connectivity index (χ3n) is 6.35. The van der Waals surface area contributed by atoms with Gasteiger partial charge in [0, 0.05) is 17.0 Å². The molecular formula is C25H22Cl2O3. The van der Waals surface area contributed by atoms with Gasteiger partial charge in [-0.3, -0.25) is 0 Å². The monoisotopic (exact) mass is 440 g/mol. The molecule has 1 saturated carbocycles. The topological polar surface area (TPSA) is 27.7 Å². The van der Waals surface area contributed by atoms with Crippen molar-refractivity contribution in [2.45, 2.75) is 22.8 Å². The van der Waals surface area contributed by atoms with Gasteiger partial charge < -0.3 is 14.2 Å². The van der Waals surface area contributed by atoms with Gasteiger partial charge in [0.2, 0.25) is 0 Å². The van der Waals surface area contributed by atoms with Crippen LogP contribution in [0, 0.1) is 12.8 Å². The van der Waals surface area contributed by atoms with E-state index >= 15 is 0 Å². The second kappa shape index (κ2) is 6.83. The Morgan fingerprint density at radius 3 is 2.27 bits per heavy atom. The molecule has 0 aromatic heterocycles. The molecule has 0 spiro atoms. The average Bonchev–Trinajstić information content (AvgIpc) is 3.27. The molecule has 1 aliphatic heterocycles. The summed E-state index contributed by atoms with van der Waals surface area (Å²) in [6.45, 7) is 2.08. The van der Waals surface area contributed by atoms with Crippen LogP contribution in [0.3, 0.4) is 0 Å². The first-order chi connectivity index (χ1) is 14.4. The molecule has 0 amide bonds. The molecule has 30 heavy (non-hydrogen) atoms. The lowest BCUT2D eigenvalue weighted by molar-refractivity contribution is 0.137. The van der Waals surface area contributed by atoms with Gasteiger partial charge >= 0.3 is 0 Å². The quantitative estimate of drug-likeness (QED) is 0.449. The number of hydrogen-bond donors (Lipinski definition) is 0. The van der Waals surface area contributed by atoms with Crippen LogP contribution in [0.25, 0.3) is 0 Å². The molecule has 2 aliphatic rings. The van der Waals surface area contributed by atoms with Crippen molar-refractivity contribution in [2.75, 3.05) is 14.2 Å². The highest BCUT2D eigenvalue weighted by atomic mass is 35.5. The van der Waals surface area contributed by atoms with Gasteiger partial charge in [0.15, 0.2) is 21.4 Å². The summed E-state index contributed by atoms with van der Waals surface area (Å²) in [5, 5.41) is 0. The first-order valence-electron chi connectivity index (χ1n) is 9.89. The van der Waals surface area contributed by atoms with E-state index in [1.54, 1.807) is 14.2 Å². The predicted molar refractivity (Wildman–Crippen MR) is 119 cm³/mol. The van der Waals surface area contributed by atoms with Crippen molar-refractivity contribution in [3.05, 3.63) is 89.0 Å². The summed E-state index contributed by atoms with van der Waals surface area (Å²) in [5.74, 6) is 1.93. The maximum atomic E-state index is 7.01. The second-order valence-corrected chi connectivity index (χ2v) is 9.32. The van der Waals surface area contributed by atoms with Crippen molar-refractivity contribution >= 4 is 23.2 Å². The first kappa shape index (κ1) is 19.6. The number of para-hydroxylation sites is 1. The lowest BCUT2D eigenvalue weighted by atomic mass is 9.82. The molecule has 1 aliphatic carbocycles. The van der Waals surface area contributed by atoms with E-state index in [9.17, 15) is 0 Å². The number of methoxy groups -OCH3 is 2. The summed E-state index contributed by atoms with van der Waals surface area (Å²) in [7, 11) is 3.23. The normalized spacial score (nSPS) is 25.5. The molecule has 0 N–H and O–H groups in total. The lowest BCUT2D eigenvalue weighted by Crippen LogP contribution is -2.29. The van der Waals surface area contributed by atoms with Crippen LogP contribution in [0.5, 0.6) is 17.2 Å². The molecule has 3 nitrogen and oxygen atoms in total. The van der Waals surface area contributed by atoms with Crippen LogP contribution in [0.4, 0.5) is 0 Å². The highest BCUT2D eigenvalue weighted by Gasteiger charge is 2.83. The van der Waals surface area contributed by atoms with Crippen molar-refractivity contribution in [3.8, 4) is 17.2 Å². The van der Waals surface area contributed by atoms with E-state index in [1.807, 2.05) is 36.4 Å². The maximum absolute atomic E-state index is 7.01. The van der Waals surface area contributed by atoms with Crippen LogP contribution < -0.4 is 14.2 Å². The molecule has 0 saturated heterocycles. The van der Waals surface area contributed by atoms with Crippen LogP contribution in [-0.4, -0.2) is 18.6 Å². The van der Waals surface area contributed by atoms with E-state index in [0.29, 0.717) is 11.5 Å². The minimum Gasteiger partial charge on any atom is -0.493 e. The fourth-order valence-electron chi connectivity index (χ4n) is 4.81. The number of benzene rings is 3. The zero-order valence-electron chi connectivity index (χ0n) is 17.0. The average molecular weight is 441 g/mol. The van der Waals surface area contributed by atoms with Gasteiger partial charge in [-0.1, -0.05) is 77.3 Å². The van der Waals surface area contributed by atoms with Crippen molar-refractivity contribution in [3.63, 3.8) is 0 Å². The number of alkyl halides is 2. The van der Waals surface area contributed by atoms with Crippen LogP contribution >= 0.6 is 23.2 Å². The largest absolute Gasteiger partial charge is 0.493 e. The molecule has 0 unspecified atom stereocenters. The number of ether oxygens (including phenoxy) is 3. The van der Waals surface area contributed by atoms with Gasteiger partial charge in [-0.05, 0) is 30.7 Å². The molecule has 5 rings (SSSR count). The van der Waals surface area contributed by atoms with E-state index < -0.39 is 9.93 Å². The Hall–Kier alpha value is -2.36. The van der Waals surface area contributed by atoms with Crippen molar-refractivity contribution in [2.24, 2.45) is 5.92 Å². The predicted octanol–water partition coefficient (Wildman–Crippen LogP) is 6.24. The second-order valence-electron chi connectivity index (χ2n) is 7.93. The molecule has 154 valence electrons. The van der Waals surface area contributed by atoms with Gasteiger partial charge in [0.25, 0.3) is 0 Å². The number of rotatable bonds is 4. The van der Waals surface area contributed by atoms with E-state index in [1.165, 1.54) is 11.1 Å². The zero-order chi connectivity index (χ0) is 21.1. The fraction of sp³-hybridized carbons (Fsp3) is 0.280. The highest BCUT2D eigenvalue weighted by molar-refractivity contribution is 6.52. The smallest absolute Gasteiger partial charge is 0.174 e. The summed E-state index contributed by atoms with van der Waals surface area (Å²) in [4.78, 5) is 0. The molecule has 3 aromatic carbocycles. The molecule has 3 aromatic rings. The van der Waals surface area contributed by atoms with Gasteiger partial charge in [-0.2, -0.15) is 0 Å². The van der Waals surface area contributed by atoms with E-state index in [2.05, 4.69) is 37.3 Å². The number of fused-ring (bicyclic) bond motifs is 2. The Morgan fingerprint density at radius 1 is 0.867 bits per heavy atom. The highest BCUT2D eigenvalue weighted by Crippen LogP contribution is 2.77. The van der Waals surface area contributed by atoms with E-state index in [0.717, 1.165) is 16.9 Å². The molecule has 1 fully saturated rings. The third kappa shape index (κ3) is 2.58. The Balaban J connectivity index is 1.70. The Kier molecular flexibility index (Phi) is 4.46. The van der Waals surface area contributed by atoms with Crippen LogP contribution in [0.2, 0.25) is 0 Å². The summed E-state index contributed by atoms with van der Waals surface area (Å²) >= 11 is 14.0. The number of hydrogen-bond acceptors (Lipinski definition) is 3. The summed E-state index contributed by atoms with van der Waals surface area (Å²) < 4.78 is 16.4. The van der Waals surface area contributed by atoms with E-state index in [4.69, 9.17) is 37.4 Å². The minimum absolute atomic E-state index is 0.0126.